The first-order valence-corrected chi connectivity index (χ1v) is 10.8. The van der Waals surface area contributed by atoms with Crippen molar-refractivity contribution in [1.29, 1.82) is 0 Å². The fraction of sp³-hybridized carbons (Fsp3) is 0.360. The molecular weight excluding hydrogens is 396 g/mol. The molecule has 2 aromatic carbocycles. The zero-order chi connectivity index (χ0) is 21.4. The first kappa shape index (κ1) is 20.1. The monoisotopic (exact) mass is 421 g/mol. The molecule has 0 bridgehead atoms. The van der Waals surface area contributed by atoms with Gasteiger partial charge < -0.3 is 4.90 Å². The Kier molecular flexibility index (Phi) is 5.18. The third kappa shape index (κ3) is 4.04. The van der Waals surface area contributed by atoms with Crippen LogP contribution in [0.3, 0.4) is 0 Å². The van der Waals surface area contributed by atoms with Crippen LogP contribution in [0.2, 0.25) is 0 Å². The van der Waals surface area contributed by atoms with E-state index < -0.39 is 11.6 Å². The number of halogens is 2. The van der Waals surface area contributed by atoms with E-state index in [2.05, 4.69) is 9.88 Å². The summed E-state index contributed by atoms with van der Waals surface area (Å²) in [5.74, 6) is -1.58. The fourth-order valence-corrected chi connectivity index (χ4v) is 5.15. The lowest BCUT2D eigenvalue weighted by molar-refractivity contribution is 0.0675. The second-order valence-corrected chi connectivity index (χ2v) is 8.96. The van der Waals surface area contributed by atoms with Crippen molar-refractivity contribution in [2.24, 2.45) is 5.41 Å². The van der Waals surface area contributed by atoms with Gasteiger partial charge in [-0.1, -0.05) is 24.3 Å². The quantitative estimate of drug-likeness (QED) is 0.618. The largest absolute Gasteiger partial charge is 0.338 e. The van der Waals surface area contributed by atoms with E-state index in [1.165, 1.54) is 12.1 Å². The molecule has 2 aliphatic rings. The highest BCUT2D eigenvalue weighted by molar-refractivity contribution is 5.97. The van der Waals surface area contributed by atoms with Crippen molar-refractivity contribution >= 4 is 16.8 Å². The number of hydrogen-bond acceptors (Lipinski definition) is 3. The van der Waals surface area contributed by atoms with Crippen molar-refractivity contribution in [2.75, 3.05) is 26.2 Å². The minimum atomic E-state index is -0.813. The summed E-state index contributed by atoms with van der Waals surface area (Å²) in [6.45, 7) is 3.87. The number of pyridine rings is 1. The lowest BCUT2D eigenvalue weighted by Crippen LogP contribution is -2.45. The van der Waals surface area contributed by atoms with Crippen molar-refractivity contribution in [1.82, 2.24) is 14.8 Å². The van der Waals surface area contributed by atoms with Gasteiger partial charge in [0.05, 0.1) is 11.1 Å². The molecule has 0 unspecified atom stereocenters. The highest BCUT2D eigenvalue weighted by atomic mass is 19.2. The Morgan fingerprint density at radius 3 is 2.74 bits per heavy atom. The van der Waals surface area contributed by atoms with Crippen molar-refractivity contribution < 1.29 is 13.6 Å². The number of fused-ring (bicyclic) bond motifs is 1. The van der Waals surface area contributed by atoms with Crippen LogP contribution >= 0.6 is 0 Å². The second kappa shape index (κ2) is 8.00. The van der Waals surface area contributed by atoms with E-state index in [0.717, 1.165) is 61.9 Å². The maximum atomic E-state index is 13.6. The number of hydrogen-bond donors (Lipinski definition) is 0. The van der Waals surface area contributed by atoms with Gasteiger partial charge in [-0.3, -0.25) is 14.7 Å². The van der Waals surface area contributed by atoms with Gasteiger partial charge in [-0.05, 0) is 55.6 Å². The molecule has 3 aromatic rings. The van der Waals surface area contributed by atoms with Gasteiger partial charge in [-0.25, -0.2) is 8.78 Å². The van der Waals surface area contributed by atoms with Crippen LogP contribution in [0.1, 0.15) is 35.2 Å². The average Bonchev–Trinajstić information content (AvgIpc) is 3.18. The summed E-state index contributed by atoms with van der Waals surface area (Å²) in [5, 5.41) is 0.970. The summed E-state index contributed by atoms with van der Waals surface area (Å²) in [7, 11) is 0. The summed E-state index contributed by atoms with van der Waals surface area (Å²) >= 11 is 0. The van der Waals surface area contributed by atoms with E-state index in [4.69, 9.17) is 0 Å². The highest BCUT2D eigenvalue weighted by Crippen LogP contribution is 2.40. The van der Waals surface area contributed by atoms with Crippen LogP contribution < -0.4 is 0 Å². The van der Waals surface area contributed by atoms with Crippen LogP contribution in [0.4, 0.5) is 8.78 Å². The van der Waals surface area contributed by atoms with Gasteiger partial charge in [0.1, 0.15) is 0 Å². The lowest BCUT2D eigenvalue weighted by Gasteiger charge is -2.40. The van der Waals surface area contributed by atoms with E-state index in [-0.39, 0.29) is 11.3 Å². The highest BCUT2D eigenvalue weighted by Gasteiger charge is 2.42. The van der Waals surface area contributed by atoms with Gasteiger partial charge in [-0.2, -0.15) is 0 Å². The maximum absolute atomic E-state index is 13.6. The van der Waals surface area contributed by atoms with Crippen molar-refractivity contribution in [3.8, 4) is 0 Å². The number of para-hydroxylation sites is 1. The van der Waals surface area contributed by atoms with E-state index in [1.54, 1.807) is 12.3 Å². The molecule has 3 heterocycles. The Morgan fingerprint density at radius 2 is 1.87 bits per heavy atom. The number of rotatable bonds is 3. The van der Waals surface area contributed by atoms with E-state index in [0.29, 0.717) is 12.1 Å². The molecule has 31 heavy (non-hydrogen) atoms. The predicted octanol–water partition coefficient (Wildman–Crippen LogP) is 4.64. The number of amides is 1. The van der Waals surface area contributed by atoms with Crippen LogP contribution in [0.15, 0.2) is 54.7 Å². The minimum Gasteiger partial charge on any atom is -0.338 e. The molecular formula is C25H25F2N3O. The normalized spacial score (nSPS) is 21.8. The topological polar surface area (TPSA) is 36.4 Å². The Morgan fingerprint density at radius 1 is 1.00 bits per heavy atom. The number of carbonyl (C=O) groups excluding carboxylic acids is 1. The van der Waals surface area contributed by atoms with Crippen molar-refractivity contribution in [3.63, 3.8) is 0 Å². The molecule has 2 fully saturated rings. The van der Waals surface area contributed by atoms with Gasteiger partial charge in [0.2, 0.25) is 0 Å². The average molecular weight is 421 g/mol. The van der Waals surface area contributed by atoms with Gasteiger partial charge in [0.15, 0.2) is 11.6 Å². The van der Waals surface area contributed by atoms with Crippen LogP contribution in [0.25, 0.3) is 10.9 Å². The summed E-state index contributed by atoms with van der Waals surface area (Å²) in [4.78, 5) is 21.8. The number of benzene rings is 2. The van der Waals surface area contributed by atoms with E-state index in [9.17, 15) is 13.6 Å². The van der Waals surface area contributed by atoms with E-state index in [1.807, 2.05) is 35.2 Å². The molecule has 1 amide bonds. The van der Waals surface area contributed by atoms with Crippen LogP contribution in [-0.2, 0) is 6.54 Å². The molecule has 0 radical (unpaired) electrons. The number of nitrogens with zero attached hydrogens (tertiary/aromatic N) is 3. The SMILES string of the molecule is O=C(c1cnc2ccccc2c1)N1CC[C@@]2(CCCN(Cc3ccc(F)c(F)c3)C2)C1. The Balaban J connectivity index is 1.27. The van der Waals surface area contributed by atoms with Gasteiger partial charge in [0, 0.05) is 43.2 Å². The molecule has 160 valence electrons. The Hall–Kier alpha value is -2.86. The predicted molar refractivity (Wildman–Crippen MR) is 116 cm³/mol. The molecule has 1 atom stereocenters. The third-order valence-electron chi connectivity index (χ3n) is 6.69. The number of piperidine rings is 1. The third-order valence-corrected chi connectivity index (χ3v) is 6.69. The van der Waals surface area contributed by atoms with Crippen molar-refractivity contribution in [2.45, 2.75) is 25.8 Å². The molecule has 1 spiro atoms. The zero-order valence-corrected chi connectivity index (χ0v) is 17.4. The van der Waals surface area contributed by atoms with Crippen molar-refractivity contribution in [3.05, 3.63) is 77.5 Å². The first-order valence-electron chi connectivity index (χ1n) is 10.8. The first-order chi connectivity index (χ1) is 15.0. The van der Waals surface area contributed by atoms with Gasteiger partial charge >= 0.3 is 0 Å². The molecule has 0 aliphatic carbocycles. The summed E-state index contributed by atoms with van der Waals surface area (Å²) in [6.07, 6.45) is 4.77. The maximum Gasteiger partial charge on any atom is 0.255 e. The van der Waals surface area contributed by atoms with Gasteiger partial charge in [0.25, 0.3) is 5.91 Å². The number of aromatic nitrogens is 1. The van der Waals surface area contributed by atoms with Crippen LogP contribution in [0, 0.1) is 17.0 Å². The molecule has 4 nitrogen and oxygen atoms in total. The smallest absolute Gasteiger partial charge is 0.255 e. The van der Waals surface area contributed by atoms with E-state index >= 15 is 0 Å². The molecule has 2 aliphatic heterocycles. The molecule has 0 N–H and O–H groups in total. The lowest BCUT2D eigenvalue weighted by atomic mass is 9.79. The summed E-state index contributed by atoms with van der Waals surface area (Å²) in [5.41, 5.74) is 2.36. The molecule has 2 saturated heterocycles. The summed E-state index contributed by atoms with van der Waals surface area (Å²) < 4.78 is 26.8. The second-order valence-electron chi connectivity index (χ2n) is 8.96. The number of likely N-dealkylation sites (tertiary alicyclic amines) is 2. The van der Waals surface area contributed by atoms with Crippen LogP contribution in [-0.4, -0.2) is 46.9 Å². The Bertz CT molecular complexity index is 1130. The number of carbonyl (C=O) groups is 1. The zero-order valence-electron chi connectivity index (χ0n) is 17.4. The minimum absolute atomic E-state index is 0.0351. The fourth-order valence-electron chi connectivity index (χ4n) is 5.15. The summed E-state index contributed by atoms with van der Waals surface area (Å²) in [6, 6.07) is 13.9. The Labute approximate surface area is 180 Å². The molecule has 1 aromatic heterocycles. The molecule has 6 heteroatoms. The van der Waals surface area contributed by atoms with Crippen LogP contribution in [0.5, 0.6) is 0 Å². The molecule has 0 saturated carbocycles. The standard InChI is InChI=1S/C25H25F2N3O/c26-21-7-6-18(12-22(21)27)15-29-10-3-8-25(16-29)9-11-30(17-25)24(31)20-13-19-4-1-2-5-23(19)28-14-20/h1-2,4-7,12-14H,3,8-11,15-17H2/t25-/m1/s1. The molecule has 5 rings (SSSR count). The van der Waals surface area contributed by atoms with Gasteiger partial charge in [-0.15, -0.1) is 0 Å².